The quantitative estimate of drug-likeness (QED) is 0.773. The molecule has 3 atom stereocenters. The van der Waals surface area contributed by atoms with Gasteiger partial charge in [0.15, 0.2) is 5.78 Å². The Morgan fingerprint density at radius 2 is 2.24 bits per heavy atom. The van der Waals surface area contributed by atoms with E-state index in [1.165, 1.54) is 25.0 Å². The van der Waals surface area contributed by atoms with E-state index in [0.717, 1.165) is 31.1 Å². The molecule has 1 heterocycles. The smallest absolute Gasteiger partial charge is 0.153 e. The average Bonchev–Trinajstić information content (AvgIpc) is 2.38. The molecule has 2 rings (SSSR count). The summed E-state index contributed by atoms with van der Waals surface area (Å²) in [4.78, 5) is 14.8. The number of hydrogen-bond donors (Lipinski definition) is 0. The molecule has 3 unspecified atom stereocenters. The molecule has 0 aromatic carbocycles. The van der Waals surface area contributed by atoms with E-state index in [4.69, 9.17) is 0 Å². The first-order valence-corrected chi connectivity index (χ1v) is 8.19. The molecule has 2 fully saturated rings. The van der Waals surface area contributed by atoms with Gasteiger partial charge in [0.05, 0.1) is 6.04 Å². The van der Waals surface area contributed by atoms with Crippen molar-refractivity contribution in [3.05, 3.63) is 0 Å². The fraction of sp³-hybridized carbons (Fsp3) is 0.929. The molecule has 0 aromatic rings. The Morgan fingerprint density at radius 3 is 2.94 bits per heavy atom. The first kappa shape index (κ1) is 13.4. The van der Waals surface area contributed by atoms with E-state index in [0.29, 0.717) is 11.7 Å². The van der Waals surface area contributed by atoms with Crippen LogP contribution >= 0.6 is 11.8 Å². The van der Waals surface area contributed by atoms with Gasteiger partial charge >= 0.3 is 0 Å². The Morgan fingerprint density at radius 1 is 1.41 bits per heavy atom. The summed E-state index contributed by atoms with van der Waals surface area (Å²) in [5, 5.41) is 0. The van der Waals surface area contributed by atoms with E-state index >= 15 is 0 Å². The third kappa shape index (κ3) is 3.25. The molecule has 2 aliphatic rings. The normalized spacial score (nSPS) is 35.8. The lowest BCUT2D eigenvalue weighted by Crippen LogP contribution is -2.47. The molecular formula is C14H25NOS. The third-order valence-corrected chi connectivity index (χ3v) is 5.51. The van der Waals surface area contributed by atoms with E-state index in [1.54, 1.807) is 0 Å². The lowest BCUT2D eigenvalue weighted by atomic mass is 9.77. The fourth-order valence-corrected chi connectivity index (χ4v) is 4.40. The largest absolute Gasteiger partial charge is 0.298 e. The maximum atomic E-state index is 12.6. The monoisotopic (exact) mass is 255 g/mol. The molecule has 1 saturated carbocycles. The van der Waals surface area contributed by atoms with Gasteiger partial charge in [-0.15, -0.1) is 0 Å². The molecular weight excluding hydrogens is 230 g/mol. The van der Waals surface area contributed by atoms with Crippen LogP contribution in [-0.2, 0) is 4.79 Å². The number of nitrogens with zero attached hydrogens (tertiary/aromatic N) is 1. The Balaban J connectivity index is 1.93. The zero-order valence-electron chi connectivity index (χ0n) is 11.2. The van der Waals surface area contributed by atoms with E-state index in [9.17, 15) is 4.79 Å². The minimum absolute atomic E-state index is 0.203. The molecule has 0 amide bonds. The van der Waals surface area contributed by atoms with Gasteiger partial charge < -0.3 is 0 Å². The van der Waals surface area contributed by atoms with Crippen molar-refractivity contribution < 1.29 is 4.79 Å². The molecule has 1 aliphatic heterocycles. The van der Waals surface area contributed by atoms with Crippen molar-refractivity contribution in [3.8, 4) is 0 Å². The van der Waals surface area contributed by atoms with Gasteiger partial charge in [0.2, 0.25) is 0 Å². The average molecular weight is 255 g/mol. The minimum atomic E-state index is 0.203. The molecule has 1 saturated heterocycles. The van der Waals surface area contributed by atoms with Gasteiger partial charge in [0.25, 0.3) is 0 Å². The van der Waals surface area contributed by atoms with Crippen molar-refractivity contribution in [1.82, 2.24) is 4.90 Å². The van der Waals surface area contributed by atoms with Crippen molar-refractivity contribution in [2.45, 2.75) is 45.1 Å². The SMILES string of the molecule is CCC1CCCC(C(=O)C2CSCCN2C)C1. The van der Waals surface area contributed by atoms with Gasteiger partial charge in [0, 0.05) is 24.0 Å². The Labute approximate surface area is 110 Å². The molecule has 1 aliphatic carbocycles. The maximum absolute atomic E-state index is 12.6. The molecule has 0 spiro atoms. The maximum Gasteiger partial charge on any atom is 0.153 e. The predicted molar refractivity (Wildman–Crippen MR) is 74.5 cm³/mol. The second kappa shape index (κ2) is 6.24. The number of carbonyl (C=O) groups excluding carboxylic acids is 1. The summed E-state index contributed by atoms with van der Waals surface area (Å²) >= 11 is 1.94. The molecule has 0 aromatic heterocycles. The highest BCUT2D eigenvalue weighted by molar-refractivity contribution is 7.99. The summed E-state index contributed by atoms with van der Waals surface area (Å²) in [6.07, 6.45) is 6.15. The van der Waals surface area contributed by atoms with Crippen molar-refractivity contribution in [2.75, 3.05) is 25.1 Å². The fourth-order valence-electron chi connectivity index (χ4n) is 3.18. The summed E-state index contributed by atoms with van der Waals surface area (Å²) in [7, 11) is 2.11. The van der Waals surface area contributed by atoms with Crippen molar-refractivity contribution in [3.63, 3.8) is 0 Å². The third-order valence-electron chi connectivity index (χ3n) is 4.49. The second-order valence-corrected chi connectivity index (χ2v) is 6.76. The van der Waals surface area contributed by atoms with Crippen LogP contribution in [0.4, 0.5) is 0 Å². The van der Waals surface area contributed by atoms with Gasteiger partial charge in [-0.2, -0.15) is 11.8 Å². The van der Waals surface area contributed by atoms with Gasteiger partial charge in [0.1, 0.15) is 0 Å². The van der Waals surface area contributed by atoms with Crippen LogP contribution in [-0.4, -0.2) is 41.8 Å². The van der Waals surface area contributed by atoms with Gasteiger partial charge in [-0.1, -0.05) is 26.2 Å². The number of likely N-dealkylation sites (N-methyl/N-ethyl adjacent to an activating group) is 1. The summed E-state index contributed by atoms with van der Waals surface area (Å²) in [5.41, 5.74) is 0. The summed E-state index contributed by atoms with van der Waals surface area (Å²) in [6, 6.07) is 0.203. The lowest BCUT2D eigenvalue weighted by Gasteiger charge is -2.35. The number of ketones is 1. The highest BCUT2D eigenvalue weighted by Crippen LogP contribution is 2.33. The molecule has 2 nitrogen and oxygen atoms in total. The zero-order valence-corrected chi connectivity index (χ0v) is 12.0. The summed E-state index contributed by atoms with van der Waals surface area (Å²) in [5.74, 6) is 3.91. The van der Waals surface area contributed by atoms with Crippen molar-refractivity contribution in [2.24, 2.45) is 11.8 Å². The zero-order chi connectivity index (χ0) is 12.3. The molecule has 3 heteroatoms. The predicted octanol–water partition coefficient (Wildman–Crippen LogP) is 2.82. The number of carbonyl (C=O) groups is 1. The van der Waals surface area contributed by atoms with E-state index < -0.39 is 0 Å². The first-order chi connectivity index (χ1) is 8.22. The summed E-state index contributed by atoms with van der Waals surface area (Å²) in [6.45, 7) is 3.34. The van der Waals surface area contributed by atoms with Crippen LogP contribution in [0.15, 0.2) is 0 Å². The van der Waals surface area contributed by atoms with E-state index in [1.807, 2.05) is 11.8 Å². The molecule has 98 valence electrons. The molecule has 0 bridgehead atoms. The van der Waals surface area contributed by atoms with Crippen LogP contribution in [0.3, 0.4) is 0 Å². The number of hydrogen-bond acceptors (Lipinski definition) is 3. The second-order valence-electron chi connectivity index (χ2n) is 5.61. The first-order valence-electron chi connectivity index (χ1n) is 7.04. The number of rotatable bonds is 3. The van der Waals surface area contributed by atoms with Gasteiger partial charge in [-0.05, 0) is 25.8 Å². The topological polar surface area (TPSA) is 20.3 Å². The Kier molecular flexibility index (Phi) is 4.92. The van der Waals surface area contributed by atoms with E-state index in [2.05, 4.69) is 18.9 Å². The number of Topliss-reactive ketones (excluding diaryl/α,β-unsaturated/α-hetero) is 1. The van der Waals surface area contributed by atoms with Gasteiger partial charge in [-0.25, -0.2) is 0 Å². The van der Waals surface area contributed by atoms with Crippen LogP contribution in [0.5, 0.6) is 0 Å². The van der Waals surface area contributed by atoms with Crippen LogP contribution in [0.25, 0.3) is 0 Å². The van der Waals surface area contributed by atoms with Crippen LogP contribution in [0.2, 0.25) is 0 Å². The van der Waals surface area contributed by atoms with E-state index in [-0.39, 0.29) is 6.04 Å². The standard InChI is InChI=1S/C14H25NOS/c1-3-11-5-4-6-12(9-11)14(16)13-10-17-8-7-15(13)2/h11-13H,3-10H2,1-2H3. The highest BCUT2D eigenvalue weighted by atomic mass is 32.2. The van der Waals surface area contributed by atoms with Crippen LogP contribution in [0.1, 0.15) is 39.0 Å². The highest BCUT2D eigenvalue weighted by Gasteiger charge is 2.34. The Bertz CT molecular complexity index is 269. The molecule has 0 radical (unpaired) electrons. The molecule has 17 heavy (non-hydrogen) atoms. The summed E-state index contributed by atoms with van der Waals surface area (Å²) < 4.78 is 0. The minimum Gasteiger partial charge on any atom is -0.298 e. The van der Waals surface area contributed by atoms with Gasteiger partial charge in [-0.3, -0.25) is 9.69 Å². The van der Waals surface area contributed by atoms with Crippen molar-refractivity contribution >= 4 is 17.5 Å². The Hall–Kier alpha value is -0.0200. The van der Waals surface area contributed by atoms with Crippen molar-refractivity contribution in [1.29, 1.82) is 0 Å². The van der Waals surface area contributed by atoms with Crippen LogP contribution < -0.4 is 0 Å². The molecule has 0 N–H and O–H groups in total. The lowest BCUT2D eigenvalue weighted by molar-refractivity contribution is -0.128. The van der Waals surface area contributed by atoms with Crippen LogP contribution in [0, 0.1) is 11.8 Å². The number of thioether (sulfide) groups is 1.